The Morgan fingerprint density at radius 3 is 2.70 bits per heavy atom. The minimum atomic E-state index is 0.184. The Bertz CT molecular complexity index is 557. The van der Waals surface area contributed by atoms with Gasteiger partial charge in [0.05, 0.1) is 16.0 Å². The summed E-state index contributed by atoms with van der Waals surface area (Å²) >= 11 is 5.35. The van der Waals surface area contributed by atoms with E-state index in [9.17, 15) is 0 Å². The van der Waals surface area contributed by atoms with Gasteiger partial charge in [0.2, 0.25) is 0 Å². The number of halogens is 1. The number of nitrogens with zero attached hydrogens (tertiary/aromatic N) is 1. The Hall–Kier alpha value is -0.680. The van der Waals surface area contributed by atoms with Gasteiger partial charge in [-0.05, 0) is 40.5 Å². The molecular weight excluding hydrogens is 334 g/mol. The number of hydrogen-bond donors (Lipinski definition) is 0. The molecule has 4 heteroatoms. The van der Waals surface area contributed by atoms with Gasteiger partial charge in [0.25, 0.3) is 0 Å². The molecule has 1 aromatic heterocycles. The molecule has 2 nitrogen and oxygen atoms in total. The number of morpholine rings is 1. The van der Waals surface area contributed by atoms with E-state index in [0.717, 1.165) is 19.6 Å². The zero-order chi connectivity index (χ0) is 13.9. The topological polar surface area (TPSA) is 12.5 Å². The van der Waals surface area contributed by atoms with E-state index in [2.05, 4.69) is 70.2 Å². The van der Waals surface area contributed by atoms with Gasteiger partial charge in [0, 0.05) is 24.5 Å². The molecule has 1 aromatic carbocycles. The van der Waals surface area contributed by atoms with Crippen LogP contribution < -0.4 is 0 Å². The lowest BCUT2D eigenvalue weighted by Crippen LogP contribution is -2.42. The molecule has 0 amide bonds. The second-order valence-electron chi connectivity index (χ2n) is 5.25. The summed E-state index contributed by atoms with van der Waals surface area (Å²) in [5, 5.41) is 0. The molecule has 1 aliphatic heterocycles. The molecule has 2 heterocycles. The fraction of sp³-hybridized carbons (Fsp3) is 0.375. The third kappa shape index (κ3) is 3.50. The van der Waals surface area contributed by atoms with Crippen LogP contribution in [0.2, 0.25) is 0 Å². The molecule has 2 unspecified atom stereocenters. The lowest BCUT2D eigenvalue weighted by molar-refractivity contribution is -0.0811. The predicted molar refractivity (Wildman–Crippen MR) is 87.0 cm³/mol. The summed E-state index contributed by atoms with van der Waals surface area (Å²) in [5.41, 5.74) is 1.27. The summed E-state index contributed by atoms with van der Waals surface area (Å²) < 4.78 is 7.30. The Labute approximate surface area is 132 Å². The lowest BCUT2D eigenvalue weighted by atomic mass is 10.1. The van der Waals surface area contributed by atoms with E-state index in [1.54, 1.807) is 0 Å². The van der Waals surface area contributed by atoms with Crippen molar-refractivity contribution in [1.29, 1.82) is 0 Å². The summed E-state index contributed by atoms with van der Waals surface area (Å²) in [5.74, 6) is 0. The first-order valence-corrected chi connectivity index (χ1v) is 8.48. The van der Waals surface area contributed by atoms with Crippen LogP contribution in [0.15, 0.2) is 46.3 Å². The van der Waals surface area contributed by atoms with Crippen molar-refractivity contribution in [3.8, 4) is 0 Å². The molecule has 1 fully saturated rings. The van der Waals surface area contributed by atoms with Crippen molar-refractivity contribution >= 4 is 27.3 Å². The molecule has 3 rings (SSSR count). The highest BCUT2D eigenvalue weighted by molar-refractivity contribution is 9.11. The van der Waals surface area contributed by atoms with Crippen LogP contribution in [0.1, 0.15) is 23.5 Å². The highest BCUT2D eigenvalue weighted by Crippen LogP contribution is 2.28. The van der Waals surface area contributed by atoms with Crippen molar-refractivity contribution in [1.82, 2.24) is 4.90 Å². The van der Waals surface area contributed by atoms with Crippen LogP contribution in [0.3, 0.4) is 0 Å². The third-order valence-electron chi connectivity index (χ3n) is 3.52. The normalized spacial score (nSPS) is 23.9. The first kappa shape index (κ1) is 14.3. The van der Waals surface area contributed by atoms with Crippen LogP contribution in [-0.4, -0.2) is 24.1 Å². The van der Waals surface area contributed by atoms with Crippen LogP contribution in [-0.2, 0) is 11.3 Å². The first-order valence-electron chi connectivity index (χ1n) is 6.87. The number of ether oxygens (including phenoxy) is 1. The summed E-state index contributed by atoms with van der Waals surface area (Å²) in [7, 11) is 0. The maximum absolute atomic E-state index is 6.10. The average molecular weight is 352 g/mol. The molecular formula is C16H18BrNOS. The first-order chi connectivity index (χ1) is 9.70. The van der Waals surface area contributed by atoms with Gasteiger partial charge in [0.1, 0.15) is 0 Å². The molecule has 0 bridgehead atoms. The fourth-order valence-electron chi connectivity index (χ4n) is 2.68. The van der Waals surface area contributed by atoms with Gasteiger partial charge in [-0.25, -0.2) is 0 Å². The summed E-state index contributed by atoms with van der Waals surface area (Å²) in [4.78, 5) is 3.89. The molecule has 0 radical (unpaired) electrons. The molecule has 0 N–H and O–H groups in total. The standard InChI is InChI=1S/C16H18BrNOS/c1-12-9-18(10-14-7-8-16(17)20-14)11-15(19-12)13-5-3-2-4-6-13/h2-8,12,15H,9-11H2,1H3. The van der Waals surface area contributed by atoms with Gasteiger partial charge in [-0.15, -0.1) is 11.3 Å². The van der Waals surface area contributed by atoms with Crippen LogP contribution in [0.5, 0.6) is 0 Å². The maximum Gasteiger partial charge on any atom is 0.0956 e. The van der Waals surface area contributed by atoms with E-state index in [0.29, 0.717) is 0 Å². The second kappa shape index (κ2) is 6.39. The Balaban J connectivity index is 1.70. The van der Waals surface area contributed by atoms with Crippen LogP contribution in [0, 0.1) is 0 Å². The summed E-state index contributed by atoms with van der Waals surface area (Å²) in [6.45, 7) is 5.13. The molecule has 0 aliphatic carbocycles. The SMILES string of the molecule is CC1CN(Cc2ccc(Br)s2)CC(c2ccccc2)O1. The van der Waals surface area contributed by atoms with Crippen molar-refractivity contribution in [3.05, 3.63) is 56.7 Å². The predicted octanol–water partition coefficient (Wildman–Crippen LogP) is 4.47. The van der Waals surface area contributed by atoms with E-state index >= 15 is 0 Å². The van der Waals surface area contributed by atoms with Gasteiger partial charge in [-0.3, -0.25) is 4.90 Å². The third-order valence-corrected chi connectivity index (χ3v) is 5.12. The number of rotatable bonds is 3. The van der Waals surface area contributed by atoms with Crippen molar-refractivity contribution in [2.24, 2.45) is 0 Å². The van der Waals surface area contributed by atoms with E-state index in [4.69, 9.17) is 4.74 Å². The molecule has 20 heavy (non-hydrogen) atoms. The molecule has 1 aliphatic rings. The second-order valence-corrected chi connectivity index (χ2v) is 7.79. The molecule has 2 atom stereocenters. The van der Waals surface area contributed by atoms with Gasteiger partial charge in [0.15, 0.2) is 0 Å². The smallest absolute Gasteiger partial charge is 0.0956 e. The van der Waals surface area contributed by atoms with Crippen molar-refractivity contribution in [2.45, 2.75) is 25.7 Å². The summed E-state index contributed by atoms with van der Waals surface area (Å²) in [6, 6.07) is 14.9. The fourth-order valence-corrected chi connectivity index (χ4v) is 4.20. The summed E-state index contributed by atoms with van der Waals surface area (Å²) in [6.07, 6.45) is 0.459. The number of thiophene rings is 1. The van der Waals surface area contributed by atoms with Gasteiger partial charge < -0.3 is 4.74 Å². The highest BCUT2D eigenvalue weighted by atomic mass is 79.9. The average Bonchev–Trinajstić information content (AvgIpc) is 2.84. The van der Waals surface area contributed by atoms with E-state index in [1.807, 2.05) is 11.3 Å². The van der Waals surface area contributed by atoms with Crippen LogP contribution >= 0.6 is 27.3 Å². The Kier molecular flexibility index (Phi) is 4.56. The van der Waals surface area contributed by atoms with E-state index < -0.39 is 0 Å². The molecule has 0 saturated carbocycles. The molecule has 1 saturated heterocycles. The highest BCUT2D eigenvalue weighted by Gasteiger charge is 2.26. The van der Waals surface area contributed by atoms with Gasteiger partial charge >= 0.3 is 0 Å². The van der Waals surface area contributed by atoms with Gasteiger partial charge in [-0.2, -0.15) is 0 Å². The molecule has 0 spiro atoms. The van der Waals surface area contributed by atoms with E-state index in [1.165, 1.54) is 14.2 Å². The Morgan fingerprint density at radius 2 is 2.00 bits per heavy atom. The minimum Gasteiger partial charge on any atom is -0.368 e. The van der Waals surface area contributed by atoms with Crippen molar-refractivity contribution < 1.29 is 4.74 Å². The molecule has 106 valence electrons. The van der Waals surface area contributed by atoms with Crippen LogP contribution in [0.25, 0.3) is 0 Å². The number of benzene rings is 1. The largest absolute Gasteiger partial charge is 0.368 e. The van der Waals surface area contributed by atoms with E-state index in [-0.39, 0.29) is 12.2 Å². The zero-order valence-electron chi connectivity index (χ0n) is 11.5. The lowest BCUT2D eigenvalue weighted by Gasteiger charge is -2.36. The van der Waals surface area contributed by atoms with Crippen LogP contribution in [0.4, 0.5) is 0 Å². The monoisotopic (exact) mass is 351 g/mol. The molecule has 2 aromatic rings. The van der Waals surface area contributed by atoms with Gasteiger partial charge in [-0.1, -0.05) is 30.3 Å². The number of hydrogen-bond acceptors (Lipinski definition) is 3. The van der Waals surface area contributed by atoms with Crippen molar-refractivity contribution in [2.75, 3.05) is 13.1 Å². The minimum absolute atomic E-state index is 0.184. The zero-order valence-corrected chi connectivity index (χ0v) is 13.9. The quantitative estimate of drug-likeness (QED) is 0.808. The maximum atomic E-state index is 6.10. The Morgan fingerprint density at radius 1 is 1.20 bits per heavy atom. The van der Waals surface area contributed by atoms with Crippen molar-refractivity contribution in [3.63, 3.8) is 0 Å².